The van der Waals surface area contributed by atoms with Gasteiger partial charge in [0.15, 0.2) is 6.61 Å². The van der Waals surface area contributed by atoms with Crippen molar-refractivity contribution in [1.82, 2.24) is 10.3 Å². The third kappa shape index (κ3) is 3.23. The van der Waals surface area contributed by atoms with E-state index in [1.165, 1.54) is 6.20 Å². The van der Waals surface area contributed by atoms with E-state index >= 15 is 0 Å². The van der Waals surface area contributed by atoms with E-state index in [2.05, 4.69) is 15.6 Å². The number of ether oxygens (including phenoxy) is 1. The van der Waals surface area contributed by atoms with Gasteiger partial charge in [0.2, 0.25) is 0 Å². The molecule has 114 valence electrons. The quantitative estimate of drug-likeness (QED) is 0.905. The molecule has 0 fully saturated rings. The normalized spacial score (nSPS) is 13.3. The molecular weight excluding hydrogens is 285 g/mol. The Kier molecular flexibility index (Phi) is 4.29. The lowest BCUT2D eigenvalue weighted by atomic mass is 9.99. The minimum Gasteiger partial charge on any atom is -0.482 e. The number of amides is 1. The number of aromatic nitrogens is 1. The molecule has 0 saturated carbocycles. The summed E-state index contributed by atoms with van der Waals surface area (Å²) in [5.74, 6) is -0.264. The molecule has 0 aliphatic carbocycles. The maximum atomic E-state index is 14.4. The van der Waals surface area contributed by atoms with Crippen LogP contribution >= 0.6 is 0 Å². The molecule has 2 N–H and O–H groups in total. The van der Waals surface area contributed by atoms with Gasteiger partial charge in [0.25, 0.3) is 5.91 Å². The number of fused-ring (bicyclic) bond motifs is 1. The largest absolute Gasteiger partial charge is 0.482 e. The maximum Gasteiger partial charge on any atom is 0.262 e. The molecule has 0 unspecified atom stereocenters. The van der Waals surface area contributed by atoms with Crippen LogP contribution in [-0.2, 0) is 17.8 Å². The number of nitrogens with zero attached hydrogens (tertiary/aromatic N) is 1. The Balaban J connectivity index is 1.64. The predicted octanol–water partition coefficient (Wildman–Crippen LogP) is 1.88. The van der Waals surface area contributed by atoms with Gasteiger partial charge in [-0.25, -0.2) is 4.39 Å². The number of carbonyl (C=O) groups is 1. The van der Waals surface area contributed by atoms with Gasteiger partial charge in [0.1, 0.15) is 11.6 Å². The van der Waals surface area contributed by atoms with Crippen LogP contribution in [0.25, 0.3) is 0 Å². The van der Waals surface area contributed by atoms with Crippen LogP contribution in [-0.4, -0.2) is 24.0 Å². The van der Waals surface area contributed by atoms with Crippen LogP contribution in [0.1, 0.15) is 11.1 Å². The Bertz CT molecular complexity index is 677. The first-order chi connectivity index (χ1) is 10.7. The van der Waals surface area contributed by atoms with Gasteiger partial charge in [-0.1, -0.05) is 6.07 Å². The number of anilines is 1. The Labute approximate surface area is 127 Å². The van der Waals surface area contributed by atoms with E-state index in [0.717, 1.165) is 12.1 Å². The summed E-state index contributed by atoms with van der Waals surface area (Å²) in [6.07, 6.45) is 3.75. The van der Waals surface area contributed by atoms with Gasteiger partial charge < -0.3 is 15.4 Å². The van der Waals surface area contributed by atoms with Crippen LogP contribution in [0, 0.1) is 5.82 Å². The van der Waals surface area contributed by atoms with E-state index < -0.39 is 5.91 Å². The molecule has 0 spiro atoms. The first kappa shape index (κ1) is 14.5. The van der Waals surface area contributed by atoms with Crippen molar-refractivity contribution >= 4 is 11.6 Å². The summed E-state index contributed by atoms with van der Waals surface area (Å²) in [6.45, 7) is 1.21. The highest BCUT2D eigenvalue weighted by Crippen LogP contribution is 2.24. The number of pyridine rings is 1. The molecule has 2 heterocycles. The lowest BCUT2D eigenvalue weighted by Crippen LogP contribution is -2.26. The maximum absolute atomic E-state index is 14.4. The van der Waals surface area contributed by atoms with Gasteiger partial charge in [-0.15, -0.1) is 0 Å². The van der Waals surface area contributed by atoms with E-state index in [4.69, 9.17) is 4.74 Å². The highest BCUT2D eigenvalue weighted by atomic mass is 19.1. The molecule has 3 rings (SSSR count). The summed E-state index contributed by atoms with van der Waals surface area (Å²) in [7, 11) is 0. The summed E-state index contributed by atoms with van der Waals surface area (Å²) in [5.41, 5.74) is 1.80. The third-order valence-corrected chi connectivity index (χ3v) is 3.49. The van der Waals surface area contributed by atoms with Crippen molar-refractivity contribution < 1.29 is 13.9 Å². The van der Waals surface area contributed by atoms with Gasteiger partial charge >= 0.3 is 0 Å². The first-order valence-electron chi connectivity index (χ1n) is 7.07. The molecule has 1 aromatic carbocycles. The molecule has 22 heavy (non-hydrogen) atoms. The minimum atomic E-state index is -0.406. The fraction of sp³-hybridized carbons (Fsp3) is 0.250. The van der Waals surface area contributed by atoms with Crippen molar-refractivity contribution in [3.05, 3.63) is 53.6 Å². The SMILES string of the molecule is O=C(COc1cccnc1)Nc1ccc2c(c1F)CCNC2. The molecule has 6 heteroatoms. The summed E-state index contributed by atoms with van der Waals surface area (Å²) in [6, 6.07) is 6.84. The fourth-order valence-electron chi connectivity index (χ4n) is 2.40. The molecule has 0 bridgehead atoms. The van der Waals surface area contributed by atoms with Crippen LogP contribution < -0.4 is 15.4 Å². The van der Waals surface area contributed by atoms with Gasteiger partial charge in [-0.2, -0.15) is 0 Å². The number of rotatable bonds is 4. The van der Waals surface area contributed by atoms with Crippen LogP contribution in [0.15, 0.2) is 36.7 Å². The number of benzene rings is 1. The van der Waals surface area contributed by atoms with Crippen molar-refractivity contribution in [3.8, 4) is 5.75 Å². The van der Waals surface area contributed by atoms with E-state index in [0.29, 0.717) is 24.3 Å². The summed E-state index contributed by atoms with van der Waals surface area (Å²) in [4.78, 5) is 15.8. The molecule has 1 aliphatic rings. The third-order valence-electron chi connectivity index (χ3n) is 3.49. The molecule has 2 aromatic rings. The van der Waals surface area contributed by atoms with E-state index in [9.17, 15) is 9.18 Å². The highest BCUT2D eigenvalue weighted by molar-refractivity contribution is 5.92. The minimum absolute atomic E-state index is 0.191. The van der Waals surface area contributed by atoms with E-state index in [-0.39, 0.29) is 18.1 Å². The molecular formula is C16H16FN3O2. The van der Waals surface area contributed by atoms with Crippen LogP contribution in [0.2, 0.25) is 0 Å². The van der Waals surface area contributed by atoms with Gasteiger partial charge in [0.05, 0.1) is 11.9 Å². The molecule has 1 amide bonds. The Hall–Kier alpha value is -2.47. The van der Waals surface area contributed by atoms with E-state index in [1.54, 1.807) is 24.4 Å². The summed E-state index contributed by atoms with van der Waals surface area (Å²) in [5, 5.41) is 5.74. The zero-order valence-corrected chi connectivity index (χ0v) is 11.9. The molecule has 0 atom stereocenters. The van der Waals surface area contributed by atoms with Gasteiger partial charge in [-0.05, 0) is 42.3 Å². The predicted molar refractivity (Wildman–Crippen MR) is 80.2 cm³/mol. The Morgan fingerprint density at radius 2 is 2.32 bits per heavy atom. The fourth-order valence-corrected chi connectivity index (χ4v) is 2.40. The lowest BCUT2D eigenvalue weighted by molar-refractivity contribution is -0.118. The average Bonchev–Trinajstić information content (AvgIpc) is 2.57. The number of carbonyl (C=O) groups excluding carboxylic acids is 1. The van der Waals surface area contributed by atoms with Crippen molar-refractivity contribution in [2.45, 2.75) is 13.0 Å². The highest BCUT2D eigenvalue weighted by Gasteiger charge is 2.17. The first-order valence-corrected chi connectivity index (χ1v) is 7.07. The second-order valence-corrected chi connectivity index (χ2v) is 5.02. The lowest BCUT2D eigenvalue weighted by Gasteiger charge is -2.19. The van der Waals surface area contributed by atoms with Crippen LogP contribution in [0.3, 0.4) is 0 Å². The van der Waals surface area contributed by atoms with Gasteiger partial charge in [0, 0.05) is 12.7 Å². The number of hydrogen-bond acceptors (Lipinski definition) is 4. The summed E-state index contributed by atoms with van der Waals surface area (Å²) < 4.78 is 19.7. The Morgan fingerprint density at radius 1 is 1.41 bits per heavy atom. The van der Waals surface area contributed by atoms with Crippen LogP contribution in [0.5, 0.6) is 5.75 Å². The monoisotopic (exact) mass is 301 g/mol. The summed E-state index contributed by atoms with van der Waals surface area (Å²) >= 11 is 0. The second-order valence-electron chi connectivity index (χ2n) is 5.02. The van der Waals surface area contributed by atoms with Crippen molar-refractivity contribution in [3.63, 3.8) is 0 Å². The standard InChI is InChI=1S/C16H16FN3O2/c17-16-13-5-7-19-8-11(13)3-4-14(16)20-15(21)10-22-12-2-1-6-18-9-12/h1-4,6,9,19H,5,7-8,10H2,(H,20,21). The molecule has 0 radical (unpaired) electrons. The van der Waals surface area contributed by atoms with Crippen molar-refractivity contribution in [2.24, 2.45) is 0 Å². The smallest absolute Gasteiger partial charge is 0.262 e. The number of nitrogens with one attached hydrogen (secondary N) is 2. The molecule has 0 saturated heterocycles. The van der Waals surface area contributed by atoms with Crippen LogP contribution in [0.4, 0.5) is 10.1 Å². The number of hydrogen-bond donors (Lipinski definition) is 2. The number of halogens is 1. The Morgan fingerprint density at radius 3 is 3.14 bits per heavy atom. The zero-order valence-electron chi connectivity index (χ0n) is 11.9. The average molecular weight is 301 g/mol. The zero-order chi connectivity index (χ0) is 15.4. The van der Waals surface area contributed by atoms with Crippen molar-refractivity contribution in [2.75, 3.05) is 18.5 Å². The topological polar surface area (TPSA) is 63.2 Å². The van der Waals surface area contributed by atoms with Gasteiger partial charge in [-0.3, -0.25) is 9.78 Å². The molecule has 1 aromatic heterocycles. The molecule has 5 nitrogen and oxygen atoms in total. The second kappa shape index (κ2) is 6.53. The van der Waals surface area contributed by atoms with E-state index in [1.807, 2.05) is 6.07 Å². The molecule has 1 aliphatic heterocycles. The van der Waals surface area contributed by atoms with Crippen molar-refractivity contribution in [1.29, 1.82) is 0 Å².